The highest BCUT2D eigenvalue weighted by Gasteiger charge is 2.28. The number of hydrogen-bond donors (Lipinski definition) is 3. The predicted molar refractivity (Wildman–Crippen MR) is 104 cm³/mol. The van der Waals surface area contributed by atoms with E-state index in [1.807, 2.05) is 19.1 Å². The highest BCUT2D eigenvalue weighted by atomic mass is 19.1. The number of carbonyl (C=O) groups is 1. The molecule has 0 spiro atoms. The third-order valence-corrected chi connectivity index (χ3v) is 4.45. The van der Waals surface area contributed by atoms with Crippen LogP contribution >= 0.6 is 0 Å². The SMILES string of the molecule is CCCNC(=O)C1=C(N)c2cccc(-c3cccc(OC)c3F)c2N(C)N1. The number of fused-ring (bicyclic) bond motifs is 1. The minimum absolute atomic E-state index is 0.166. The Hall–Kier alpha value is -3.22. The van der Waals surface area contributed by atoms with E-state index in [0.717, 1.165) is 6.42 Å². The van der Waals surface area contributed by atoms with Crippen molar-refractivity contribution >= 4 is 17.3 Å². The van der Waals surface area contributed by atoms with Gasteiger partial charge in [0.05, 0.1) is 18.5 Å². The maximum atomic E-state index is 14.8. The molecule has 0 aliphatic carbocycles. The van der Waals surface area contributed by atoms with Crippen molar-refractivity contribution in [1.29, 1.82) is 0 Å². The lowest BCUT2D eigenvalue weighted by Crippen LogP contribution is -2.45. The van der Waals surface area contributed by atoms with Gasteiger partial charge in [-0.3, -0.25) is 15.2 Å². The van der Waals surface area contributed by atoms with E-state index in [9.17, 15) is 9.18 Å². The zero-order valence-electron chi connectivity index (χ0n) is 15.6. The van der Waals surface area contributed by atoms with Crippen LogP contribution in [0.4, 0.5) is 10.1 Å². The van der Waals surface area contributed by atoms with E-state index >= 15 is 0 Å². The molecule has 1 aliphatic rings. The molecule has 7 heteroatoms. The van der Waals surface area contributed by atoms with E-state index in [-0.39, 0.29) is 17.4 Å². The van der Waals surface area contributed by atoms with Crippen LogP contribution < -0.4 is 26.2 Å². The Morgan fingerprint density at radius 3 is 2.59 bits per heavy atom. The number of methoxy groups -OCH3 is 1. The maximum absolute atomic E-state index is 14.8. The van der Waals surface area contributed by atoms with Gasteiger partial charge in [-0.2, -0.15) is 0 Å². The lowest BCUT2D eigenvalue weighted by atomic mass is 9.96. The number of hydrogen-bond acceptors (Lipinski definition) is 5. The Labute approximate surface area is 157 Å². The van der Waals surface area contributed by atoms with Crippen molar-refractivity contribution in [2.75, 3.05) is 25.7 Å². The normalized spacial score (nSPS) is 13.1. The Morgan fingerprint density at radius 2 is 1.89 bits per heavy atom. The topological polar surface area (TPSA) is 79.6 Å². The van der Waals surface area contributed by atoms with E-state index in [2.05, 4.69) is 10.7 Å². The van der Waals surface area contributed by atoms with Crippen LogP contribution in [0.3, 0.4) is 0 Å². The Kier molecular flexibility index (Phi) is 5.21. The van der Waals surface area contributed by atoms with Crippen molar-refractivity contribution in [2.45, 2.75) is 13.3 Å². The summed E-state index contributed by atoms with van der Waals surface area (Å²) in [5, 5.41) is 4.49. The van der Waals surface area contributed by atoms with Gasteiger partial charge in [0.2, 0.25) is 0 Å². The summed E-state index contributed by atoms with van der Waals surface area (Å²) in [6.45, 7) is 2.53. The third-order valence-electron chi connectivity index (χ3n) is 4.45. The second kappa shape index (κ2) is 7.57. The molecule has 0 fully saturated rings. The van der Waals surface area contributed by atoms with Crippen molar-refractivity contribution < 1.29 is 13.9 Å². The third kappa shape index (κ3) is 3.28. The molecule has 4 N–H and O–H groups in total. The highest BCUT2D eigenvalue weighted by Crippen LogP contribution is 2.40. The number of rotatable bonds is 5. The van der Waals surface area contributed by atoms with E-state index in [1.165, 1.54) is 7.11 Å². The van der Waals surface area contributed by atoms with Gasteiger partial charge in [0.15, 0.2) is 11.6 Å². The average molecular weight is 370 g/mol. The zero-order valence-corrected chi connectivity index (χ0v) is 15.6. The van der Waals surface area contributed by atoms with E-state index in [0.29, 0.717) is 34.6 Å². The summed E-state index contributed by atoms with van der Waals surface area (Å²) in [5.74, 6) is -0.555. The molecule has 1 heterocycles. The van der Waals surface area contributed by atoms with Crippen molar-refractivity contribution in [3.05, 3.63) is 53.5 Å². The monoisotopic (exact) mass is 370 g/mol. The van der Waals surface area contributed by atoms with Crippen molar-refractivity contribution in [1.82, 2.24) is 10.7 Å². The first-order valence-electron chi connectivity index (χ1n) is 8.74. The Morgan fingerprint density at radius 1 is 1.22 bits per heavy atom. The van der Waals surface area contributed by atoms with Gasteiger partial charge in [-0.25, -0.2) is 4.39 Å². The van der Waals surface area contributed by atoms with Crippen molar-refractivity contribution in [3.63, 3.8) is 0 Å². The molecule has 0 radical (unpaired) electrons. The van der Waals surface area contributed by atoms with Gasteiger partial charge >= 0.3 is 0 Å². The minimum atomic E-state index is -0.448. The Bertz CT molecular complexity index is 911. The quantitative estimate of drug-likeness (QED) is 0.754. The molecular weight excluding hydrogens is 347 g/mol. The second-order valence-corrected chi connectivity index (χ2v) is 6.24. The number of nitrogens with one attached hydrogen (secondary N) is 2. The zero-order chi connectivity index (χ0) is 19.6. The summed E-state index contributed by atoms with van der Waals surface area (Å²) in [6.07, 6.45) is 0.824. The smallest absolute Gasteiger partial charge is 0.271 e. The number of nitrogens with two attached hydrogens (primary N) is 1. The molecular formula is C20H23FN4O2. The molecule has 1 aliphatic heterocycles. The Balaban J connectivity index is 2.13. The van der Waals surface area contributed by atoms with E-state index in [4.69, 9.17) is 10.5 Å². The van der Waals surface area contributed by atoms with Crippen LogP contribution in [0.1, 0.15) is 18.9 Å². The van der Waals surface area contributed by atoms with Gasteiger partial charge in [-0.05, 0) is 12.5 Å². The van der Waals surface area contributed by atoms with Crippen LogP contribution in [-0.4, -0.2) is 26.6 Å². The minimum Gasteiger partial charge on any atom is -0.494 e. The molecule has 1 amide bonds. The van der Waals surface area contributed by atoms with Gasteiger partial charge in [0, 0.05) is 30.3 Å². The van der Waals surface area contributed by atoms with Gasteiger partial charge < -0.3 is 15.8 Å². The molecule has 27 heavy (non-hydrogen) atoms. The van der Waals surface area contributed by atoms with Gasteiger partial charge in [-0.15, -0.1) is 0 Å². The largest absolute Gasteiger partial charge is 0.494 e. The first-order valence-corrected chi connectivity index (χ1v) is 8.74. The molecule has 0 saturated heterocycles. The van der Waals surface area contributed by atoms with Crippen LogP contribution in [0.5, 0.6) is 5.75 Å². The van der Waals surface area contributed by atoms with Crippen LogP contribution in [0, 0.1) is 5.82 Å². The van der Waals surface area contributed by atoms with E-state index in [1.54, 1.807) is 36.3 Å². The second-order valence-electron chi connectivity index (χ2n) is 6.24. The fourth-order valence-electron chi connectivity index (χ4n) is 3.13. The fourth-order valence-corrected chi connectivity index (χ4v) is 3.13. The van der Waals surface area contributed by atoms with Crippen molar-refractivity contribution in [2.24, 2.45) is 5.73 Å². The first kappa shape index (κ1) is 18.6. The molecule has 0 aromatic heterocycles. The molecule has 2 aromatic carbocycles. The fraction of sp³-hybridized carbons (Fsp3) is 0.250. The molecule has 2 aromatic rings. The number of anilines is 1. The summed E-state index contributed by atoms with van der Waals surface area (Å²) < 4.78 is 19.9. The number of benzene rings is 2. The molecule has 6 nitrogen and oxygen atoms in total. The lowest BCUT2D eigenvalue weighted by Gasteiger charge is -2.33. The van der Waals surface area contributed by atoms with Crippen molar-refractivity contribution in [3.8, 4) is 16.9 Å². The summed E-state index contributed by atoms with van der Waals surface area (Å²) in [4.78, 5) is 12.4. The summed E-state index contributed by atoms with van der Waals surface area (Å²) in [5.41, 5.74) is 12.3. The predicted octanol–water partition coefficient (Wildman–Crippen LogP) is 2.61. The number of hydrazine groups is 1. The summed E-state index contributed by atoms with van der Waals surface area (Å²) in [6, 6.07) is 10.4. The molecule has 0 unspecified atom stereocenters. The average Bonchev–Trinajstić information content (AvgIpc) is 2.68. The maximum Gasteiger partial charge on any atom is 0.271 e. The van der Waals surface area contributed by atoms with Crippen LogP contribution in [0.25, 0.3) is 16.8 Å². The molecule has 0 saturated carbocycles. The van der Waals surface area contributed by atoms with Crippen LogP contribution in [0.15, 0.2) is 42.1 Å². The molecule has 3 rings (SSSR count). The van der Waals surface area contributed by atoms with E-state index < -0.39 is 5.82 Å². The standard InChI is InChI=1S/C20H23FN4O2/c1-4-11-23-20(26)18-17(22)14-9-5-8-13(19(14)25(2)24-18)12-7-6-10-15(27-3)16(12)21/h5-10,24H,4,11,22H2,1-3H3,(H,23,26). The number of halogens is 1. The van der Waals surface area contributed by atoms with Gasteiger partial charge in [0.25, 0.3) is 5.91 Å². The first-order chi connectivity index (χ1) is 13.0. The molecule has 142 valence electrons. The summed E-state index contributed by atoms with van der Waals surface area (Å²) >= 11 is 0. The lowest BCUT2D eigenvalue weighted by molar-refractivity contribution is -0.117. The number of amides is 1. The molecule has 0 atom stereocenters. The number of nitrogens with zero attached hydrogens (tertiary/aromatic N) is 1. The number of para-hydroxylation sites is 1. The van der Waals surface area contributed by atoms with Gasteiger partial charge in [-0.1, -0.05) is 37.3 Å². The van der Waals surface area contributed by atoms with Gasteiger partial charge in [0.1, 0.15) is 5.70 Å². The summed E-state index contributed by atoms with van der Waals surface area (Å²) in [7, 11) is 3.19. The van der Waals surface area contributed by atoms with Crippen LogP contribution in [0.2, 0.25) is 0 Å². The molecule has 0 bridgehead atoms. The van der Waals surface area contributed by atoms with Crippen LogP contribution in [-0.2, 0) is 4.79 Å². The highest BCUT2D eigenvalue weighted by molar-refractivity contribution is 6.04. The number of carbonyl (C=O) groups excluding carboxylic acids is 1. The number of ether oxygens (including phenoxy) is 1.